The summed E-state index contributed by atoms with van der Waals surface area (Å²) in [4.78, 5) is 1.31. The molecule has 0 N–H and O–H groups in total. The smallest absolute Gasteiger partial charge is 0.00404 e. The van der Waals surface area contributed by atoms with Crippen molar-refractivity contribution < 1.29 is 0 Å². The SMILES string of the molecule is CCC1CCC1=S. The van der Waals surface area contributed by atoms with E-state index in [2.05, 4.69) is 6.92 Å². The Hall–Kier alpha value is 0.0900. The van der Waals surface area contributed by atoms with Gasteiger partial charge in [0, 0.05) is 0 Å². The first-order valence-corrected chi connectivity index (χ1v) is 3.28. The van der Waals surface area contributed by atoms with Crippen LogP contribution in [0.15, 0.2) is 0 Å². The van der Waals surface area contributed by atoms with Crippen molar-refractivity contribution in [1.29, 1.82) is 0 Å². The average molecular weight is 114 g/mol. The molecule has 0 heterocycles. The molecule has 40 valence electrons. The molecule has 0 aromatic heterocycles. The van der Waals surface area contributed by atoms with E-state index in [0.717, 1.165) is 5.92 Å². The highest BCUT2D eigenvalue weighted by Gasteiger charge is 2.20. The monoisotopic (exact) mass is 114 g/mol. The zero-order chi connectivity index (χ0) is 5.28. The van der Waals surface area contributed by atoms with Gasteiger partial charge in [0.25, 0.3) is 0 Å². The third kappa shape index (κ3) is 0.828. The fraction of sp³-hybridized carbons (Fsp3) is 0.833. The van der Waals surface area contributed by atoms with Gasteiger partial charge >= 0.3 is 0 Å². The Balaban J connectivity index is 2.29. The van der Waals surface area contributed by atoms with E-state index < -0.39 is 0 Å². The average Bonchev–Trinajstić information content (AvgIpc) is 1.65. The summed E-state index contributed by atoms with van der Waals surface area (Å²) in [6, 6.07) is 0. The number of hydrogen-bond donors (Lipinski definition) is 0. The molecule has 1 saturated carbocycles. The van der Waals surface area contributed by atoms with Gasteiger partial charge in [-0.1, -0.05) is 19.1 Å². The van der Waals surface area contributed by atoms with Gasteiger partial charge in [-0.05, 0) is 30.0 Å². The lowest BCUT2D eigenvalue weighted by molar-refractivity contribution is 0.550. The van der Waals surface area contributed by atoms with Crippen molar-refractivity contribution in [3.8, 4) is 0 Å². The third-order valence-corrected chi connectivity index (χ3v) is 2.22. The van der Waals surface area contributed by atoms with Gasteiger partial charge in [-0.25, -0.2) is 0 Å². The fourth-order valence-corrected chi connectivity index (χ4v) is 1.30. The van der Waals surface area contributed by atoms with E-state index in [4.69, 9.17) is 12.2 Å². The minimum absolute atomic E-state index is 0.815. The van der Waals surface area contributed by atoms with E-state index in [1.807, 2.05) is 0 Å². The molecule has 1 atom stereocenters. The zero-order valence-corrected chi connectivity index (χ0v) is 5.42. The van der Waals surface area contributed by atoms with Crippen molar-refractivity contribution in [1.82, 2.24) is 0 Å². The summed E-state index contributed by atoms with van der Waals surface area (Å²) in [5.74, 6) is 0.815. The molecule has 1 rings (SSSR count). The maximum Gasteiger partial charge on any atom is -0.00404 e. The maximum atomic E-state index is 5.00. The van der Waals surface area contributed by atoms with E-state index in [-0.39, 0.29) is 0 Å². The molecule has 0 amide bonds. The molecule has 1 heteroatoms. The highest BCUT2D eigenvalue weighted by Crippen LogP contribution is 2.26. The fourth-order valence-electron chi connectivity index (χ4n) is 0.898. The normalized spacial score (nSPS) is 29.9. The van der Waals surface area contributed by atoms with Crippen LogP contribution in [0, 0.1) is 5.92 Å². The Bertz CT molecular complexity index is 84.2. The van der Waals surface area contributed by atoms with Crippen molar-refractivity contribution >= 4 is 17.1 Å². The van der Waals surface area contributed by atoms with Crippen LogP contribution in [0.3, 0.4) is 0 Å². The Morgan fingerprint density at radius 3 is 2.57 bits per heavy atom. The Kier molecular flexibility index (Phi) is 1.43. The third-order valence-electron chi connectivity index (χ3n) is 1.69. The Morgan fingerprint density at radius 1 is 1.86 bits per heavy atom. The number of rotatable bonds is 1. The van der Waals surface area contributed by atoms with Crippen LogP contribution in [0.1, 0.15) is 26.2 Å². The van der Waals surface area contributed by atoms with E-state index in [1.165, 1.54) is 24.1 Å². The van der Waals surface area contributed by atoms with Crippen LogP contribution in [0.5, 0.6) is 0 Å². The van der Waals surface area contributed by atoms with Crippen LogP contribution in [0.25, 0.3) is 0 Å². The largest absolute Gasteiger partial charge is 0.0894 e. The zero-order valence-electron chi connectivity index (χ0n) is 4.61. The van der Waals surface area contributed by atoms with Gasteiger partial charge < -0.3 is 0 Å². The minimum atomic E-state index is 0.815. The van der Waals surface area contributed by atoms with Crippen LogP contribution < -0.4 is 0 Å². The lowest BCUT2D eigenvalue weighted by Crippen LogP contribution is -2.22. The highest BCUT2D eigenvalue weighted by molar-refractivity contribution is 7.80. The van der Waals surface area contributed by atoms with Crippen molar-refractivity contribution in [3.05, 3.63) is 0 Å². The summed E-state index contributed by atoms with van der Waals surface area (Å²) in [5, 5.41) is 0. The molecular formula is C6H10S. The summed E-state index contributed by atoms with van der Waals surface area (Å²) in [5.41, 5.74) is 0. The molecular weight excluding hydrogens is 104 g/mol. The van der Waals surface area contributed by atoms with E-state index >= 15 is 0 Å². The topological polar surface area (TPSA) is 0 Å². The number of hydrogen-bond acceptors (Lipinski definition) is 1. The molecule has 0 nitrogen and oxygen atoms in total. The molecule has 0 aromatic carbocycles. The van der Waals surface area contributed by atoms with Gasteiger partial charge in [-0.2, -0.15) is 0 Å². The summed E-state index contributed by atoms with van der Waals surface area (Å²) < 4.78 is 0. The molecule has 0 spiro atoms. The minimum Gasteiger partial charge on any atom is -0.0894 e. The molecule has 1 aliphatic carbocycles. The van der Waals surface area contributed by atoms with Gasteiger partial charge in [0.1, 0.15) is 0 Å². The molecule has 0 saturated heterocycles. The van der Waals surface area contributed by atoms with Crippen LogP contribution >= 0.6 is 12.2 Å². The van der Waals surface area contributed by atoms with Gasteiger partial charge in [-0.3, -0.25) is 0 Å². The molecule has 0 aliphatic heterocycles. The van der Waals surface area contributed by atoms with Crippen LogP contribution in [0.4, 0.5) is 0 Å². The predicted octanol–water partition coefficient (Wildman–Crippen LogP) is 2.18. The second kappa shape index (κ2) is 1.91. The van der Waals surface area contributed by atoms with Gasteiger partial charge in [-0.15, -0.1) is 0 Å². The highest BCUT2D eigenvalue weighted by atomic mass is 32.1. The number of thiocarbonyl (C=S) groups is 1. The van der Waals surface area contributed by atoms with Crippen molar-refractivity contribution in [2.75, 3.05) is 0 Å². The Labute approximate surface area is 49.9 Å². The Morgan fingerprint density at radius 2 is 2.57 bits per heavy atom. The maximum absolute atomic E-state index is 5.00. The van der Waals surface area contributed by atoms with Crippen LogP contribution in [0.2, 0.25) is 0 Å². The van der Waals surface area contributed by atoms with E-state index in [1.54, 1.807) is 0 Å². The molecule has 0 radical (unpaired) electrons. The molecule has 0 bridgehead atoms. The first-order valence-electron chi connectivity index (χ1n) is 2.87. The van der Waals surface area contributed by atoms with Crippen LogP contribution in [-0.2, 0) is 0 Å². The summed E-state index contributed by atoms with van der Waals surface area (Å²) in [6.45, 7) is 2.20. The quantitative estimate of drug-likeness (QED) is 0.471. The van der Waals surface area contributed by atoms with E-state index in [9.17, 15) is 0 Å². The predicted molar refractivity (Wildman–Crippen MR) is 35.6 cm³/mol. The van der Waals surface area contributed by atoms with Gasteiger partial charge in [0.2, 0.25) is 0 Å². The molecule has 7 heavy (non-hydrogen) atoms. The summed E-state index contributed by atoms with van der Waals surface area (Å²) in [7, 11) is 0. The molecule has 1 fully saturated rings. The van der Waals surface area contributed by atoms with Crippen molar-refractivity contribution in [2.45, 2.75) is 26.2 Å². The first kappa shape index (κ1) is 5.23. The lowest BCUT2D eigenvalue weighted by Gasteiger charge is -2.24. The lowest BCUT2D eigenvalue weighted by atomic mass is 9.83. The molecule has 1 aliphatic rings. The van der Waals surface area contributed by atoms with Gasteiger partial charge in [0.15, 0.2) is 0 Å². The standard InChI is InChI=1S/C6H10S/c1-2-5-3-4-6(5)7/h5H,2-4H2,1H3. The van der Waals surface area contributed by atoms with Crippen molar-refractivity contribution in [2.24, 2.45) is 5.92 Å². The second-order valence-electron chi connectivity index (χ2n) is 2.11. The molecule has 0 aromatic rings. The van der Waals surface area contributed by atoms with E-state index in [0.29, 0.717) is 0 Å². The van der Waals surface area contributed by atoms with Gasteiger partial charge in [0.05, 0.1) is 0 Å². The first-order chi connectivity index (χ1) is 3.34. The summed E-state index contributed by atoms with van der Waals surface area (Å²) >= 11 is 5.00. The van der Waals surface area contributed by atoms with Crippen LogP contribution in [-0.4, -0.2) is 4.86 Å². The summed E-state index contributed by atoms with van der Waals surface area (Å²) in [6.07, 6.45) is 3.84. The molecule has 1 unspecified atom stereocenters. The second-order valence-corrected chi connectivity index (χ2v) is 2.63. The van der Waals surface area contributed by atoms with Crippen molar-refractivity contribution in [3.63, 3.8) is 0 Å².